The zero-order chi connectivity index (χ0) is 19.7. The summed E-state index contributed by atoms with van der Waals surface area (Å²) in [5, 5.41) is 4.70. The number of nitrogens with zero attached hydrogens (tertiary/aromatic N) is 6. The van der Waals surface area contributed by atoms with Crippen LogP contribution in [0.15, 0.2) is 24.4 Å². The van der Waals surface area contributed by atoms with Crippen molar-refractivity contribution in [3.8, 4) is 0 Å². The van der Waals surface area contributed by atoms with Gasteiger partial charge in [0, 0.05) is 45.8 Å². The predicted octanol–water partition coefficient (Wildman–Crippen LogP) is 1.10. The summed E-state index contributed by atoms with van der Waals surface area (Å²) in [6, 6.07) is 5.99. The first-order chi connectivity index (χ1) is 13.4. The molecule has 0 spiro atoms. The summed E-state index contributed by atoms with van der Waals surface area (Å²) >= 11 is 5.57. The zero-order valence-electron chi connectivity index (χ0n) is 16.1. The van der Waals surface area contributed by atoms with E-state index in [4.69, 9.17) is 17.3 Å². The van der Waals surface area contributed by atoms with Crippen molar-refractivity contribution in [2.75, 3.05) is 42.6 Å². The maximum absolute atomic E-state index is 11.7. The molecule has 0 unspecified atom stereocenters. The van der Waals surface area contributed by atoms with Gasteiger partial charge in [0.2, 0.25) is 0 Å². The number of rotatable bonds is 5. The highest BCUT2D eigenvalue weighted by Gasteiger charge is 2.29. The molecular formula is C18H26N6O2S2. The number of pyridine rings is 1. The van der Waals surface area contributed by atoms with Crippen molar-refractivity contribution in [1.29, 1.82) is 0 Å². The van der Waals surface area contributed by atoms with Gasteiger partial charge in [0.15, 0.2) is 14.6 Å². The molecule has 0 aromatic carbocycles. The third-order valence-electron chi connectivity index (χ3n) is 5.61. The van der Waals surface area contributed by atoms with Crippen LogP contribution >= 0.6 is 12.2 Å². The minimum absolute atomic E-state index is 0.149. The number of aromatic nitrogens is 4. The molecule has 0 saturated carbocycles. The third-order valence-corrected chi connectivity index (χ3v) is 7.93. The van der Waals surface area contributed by atoms with Gasteiger partial charge in [0.25, 0.3) is 0 Å². The molecule has 2 saturated heterocycles. The maximum atomic E-state index is 11.7. The number of anilines is 1. The summed E-state index contributed by atoms with van der Waals surface area (Å²) in [6.45, 7) is 4.34. The first-order valence-electron chi connectivity index (χ1n) is 9.63. The Bertz CT molecular complexity index is 977. The largest absolute Gasteiger partial charge is 0.354 e. The van der Waals surface area contributed by atoms with E-state index < -0.39 is 9.84 Å². The van der Waals surface area contributed by atoms with Crippen molar-refractivity contribution in [1.82, 2.24) is 24.2 Å². The molecule has 152 valence electrons. The second kappa shape index (κ2) is 7.92. The maximum Gasteiger partial charge on any atom is 0.198 e. The summed E-state index contributed by atoms with van der Waals surface area (Å²) in [5.74, 6) is 2.60. The van der Waals surface area contributed by atoms with Gasteiger partial charge < -0.3 is 9.47 Å². The number of sulfone groups is 1. The van der Waals surface area contributed by atoms with Gasteiger partial charge in [0.05, 0.1) is 18.2 Å². The molecule has 10 heteroatoms. The summed E-state index contributed by atoms with van der Waals surface area (Å²) in [5.41, 5.74) is 0. The Labute approximate surface area is 170 Å². The minimum Gasteiger partial charge on any atom is -0.354 e. The van der Waals surface area contributed by atoms with Gasteiger partial charge in [-0.05, 0) is 36.7 Å². The highest BCUT2D eigenvalue weighted by Crippen LogP contribution is 2.22. The van der Waals surface area contributed by atoms with Crippen LogP contribution in [0, 0.1) is 10.7 Å². The highest BCUT2D eigenvalue weighted by molar-refractivity contribution is 7.91. The lowest BCUT2D eigenvalue weighted by Crippen LogP contribution is -2.47. The molecule has 2 aliphatic rings. The van der Waals surface area contributed by atoms with Gasteiger partial charge in [-0.3, -0.25) is 4.90 Å². The highest BCUT2D eigenvalue weighted by atomic mass is 32.2. The Morgan fingerprint density at radius 1 is 1.21 bits per heavy atom. The summed E-state index contributed by atoms with van der Waals surface area (Å²) in [6.07, 6.45) is 3.21. The molecule has 2 fully saturated rings. The predicted molar refractivity (Wildman–Crippen MR) is 111 cm³/mol. The van der Waals surface area contributed by atoms with E-state index in [9.17, 15) is 8.42 Å². The van der Waals surface area contributed by atoms with Gasteiger partial charge >= 0.3 is 0 Å². The Morgan fingerprint density at radius 3 is 2.64 bits per heavy atom. The topological polar surface area (TPSA) is 76.3 Å². The van der Waals surface area contributed by atoms with E-state index in [2.05, 4.69) is 14.8 Å². The van der Waals surface area contributed by atoms with E-state index in [-0.39, 0.29) is 11.7 Å². The lowest BCUT2D eigenvalue weighted by molar-refractivity contribution is 0.193. The van der Waals surface area contributed by atoms with E-state index >= 15 is 0 Å². The molecule has 0 amide bonds. The number of hydrogen-bond donors (Lipinski definition) is 0. The molecule has 2 aromatic heterocycles. The quantitative estimate of drug-likeness (QED) is 0.668. The lowest BCUT2D eigenvalue weighted by Gasteiger charge is -2.35. The normalized spacial score (nSPS) is 22.6. The van der Waals surface area contributed by atoms with Crippen LogP contribution in [0.1, 0.15) is 12.2 Å². The molecule has 2 aromatic rings. The standard InChI is InChI=1S/C18H26N6O2S2/c1-21-17(12-15-5-11-28(25,26)13-15)20-24(18(21)27)14-22-7-9-23(10-8-22)16-4-2-3-6-19-16/h2-4,6,15H,5,7-14H2,1H3/t15-/m0/s1. The fraction of sp³-hybridized carbons (Fsp3) is 0.611. The Kier molecular flexibility index (Phi) is 5.52. The van der Waals surface area contributed by atoms with E-state index in [0.29, 0.717) is 23.6 Å². The van der Waals surface area contributed by atoms with Crippen molar-refractivity contribution in [3.63, 3.8) is 0 Å². The van der Waals surface area contributed by atoms with E-state index in [1.54, 1.807) is 0 Å². The van der Waals surface area contributed by atoms with Crippen molar-refractivity contribution < 1.29 is 8.42 Å². The number of hydrogen-bond acceptors (Lipinski definition) is 7. The van der Waals surface area contributed by atoms with Gasteiger partial charge in [-0.25, -0.2) is 18.1 Å². The van der Waals surface area contributed by atoms with Crippen LogP contribution in [-0.4, -0.2) is 70.3 Å². The molecule has 0 N–H and O–H groups in total. The monoisotopic (exact) mass is 422 g/mol. The fourth-order valence-corrected chi connectivity index (χ4v) is 6.01. The van der Waals surface area contributed by atoms with Gasteiger partial charge in [-0.1, -0.05) is 6.07 Å². The molecule has 2 aliphatic heterocycles. The van der Waals surface area contributed by atoms with Crippen molar-refractivity contribution >= 4 is 27.9 Å². The molecule has 8 nitrogen and oxygen atoms in total. The van der Waals surface area contributed by atoms with Gasteiger partial charge in [0.1, 0.15) is 11.6 Å². The molecule has 0 bridgehead atoms. The third kappa shape index (κ3) is 4.28. The molecule has 0 aliphatic carbocycles. The van der Waals surface area contributed by atoms with E-state index in [1.165, 1.54) is 0 Å². The van der Waals surface area contributed by atoms with Crippen molar-refractivity contribution in [3.05, 3.63) is 35.0 Å². The zero-order valence-corrected chi connectivity index (χ0v) is 17.7. The molecule has 4 heterocycles. The summed E-state index contributed by atoms with van der Waals surface area (Å²) < 4.78 is 27.9. The second-order valence-electron chi connectivity index (χ2n) is 7.66. The van der Waals surface area contributed by atoms with Crippen molar-refractivity contribution in [2.24, 2.45) is 13.0 Å². The Hall–Kier alpha value is -1.78. The smallest absolute Gasteiger partial charge is 0.198 e. The van der Waals surface area contributed by atoms with E-state index in [0.717, 1.165) is 44.2 Å². The first kappa shape index (κ1) is 19.5. The SMILES string of the molecule is Cn1c(C[C@@H]2CCS(=O)(=O)C2)nn(CN2CCN(c3ccccn3)CC2)c1=S. The molecule has 28 heavy (non-hydrogen) atoms. The van der Waals surface area contributed by atoms with Crippen LogP contribution in [0.25, 0.3) is 0 Å². The van der Waals surface area contributed by atoms with Gasteiger partial charge in [-0.15, -0.1) is 0 Å². The lowest BCUT2D eigenvalue weighted by atomic mass is 10.1. The van der Waals surface area contributed by atoms with Crippen LogP contribution in [0.3, 0.4) is 0 Å². The van der Waals surface area contributed by atoms with Crippen LogP contribution in [0.5, 0.6) is 0 Å². The van der Waals surface area contributed by atoms with Crippen LogP contribution in [-0.2, 0) is 30.0 Å². The fourth-order valence-electron chi connectivity index (χ4n) is 3.94. The van der Waals surface area contributed by atoms with Crippen LogP contribution in [0.2, 0.25) is 0 Å². The van der Waals surface area contributed by atoms with Crippen molar-refractivity contribution in [2.45, 2.75) is 19.5 Å². The molecule has 4 rings (SSSR count). The minimum atomic E-state index is -2.87. The average Bonchev–Trinajstić information content (AvgIpc) is 3.17. The first-order valence-corrected chi connectivity index (χ1v) is 11.9. The van der Waals surface area contributed by atoms with Crippen LogP contribution in [0.4, 0.5) is 5.82 Å². The van der Waals surface area contributed by atoms with Crippen LogP contribution < -0.4 is 4.90 Å². The number of piperazine rings is 1. The van der Waals surface area contributed by atoms with E-state index in [1.807, 2.05) is 40.7 Å². The molecular weight excluding hydrogens is 396 g/mol. The Balaban J connectivity index is 1.37. The molecule has 1 atom stereocenters. The van der Waals surface area contributed by atoms with Gasteiger partial charge in [-0.2, -0.15) is 5.10 Å². The summed E-state index contributed by atoms with van der Waals surface area (Å²) in [7, 11) is -0.950. The molecule has 0 radical (unpaired) electrons. The Morgan fingerprint density at radius 2 is 2.00 bits per heavy atom. The second-order valence-corrected chi connectivity index (χ2v) is 10.3. The average molecular weight is 423 g/mol. The summed E-state index contributed by atoms with van der Waals surface area (Å²) in [4.78, 5) is 9.06.